The number of unbranched alkanes of at least 4 members (excludes halogenated alkanes) is 1. The van der Waals surface area contributed by atoms with Crippen molar-refractivity contribution in [3.63, 3.8) is 0 Å². The Balaban J connectivity index is 1.48. The normalized spacial score (nSPS) is 11.6. The summed E-state index contributed by atoms with van der Waals surface area (Å²) in [5.41, 5.74) is 9.20. The number of pyridine rings is 1. The van der Waals surface area contributed by atoms with Gasteiger partial charge in [-0.1, -0.05) is 18.7 Å². The molecule has 0 aliphatic heterocycles. The number of alkyl halides is 3. The van der Waals surface area contributed by atoms with E-state index in [0.717, 1.165) is 18.5 Å². The second kappa shape index (κ2) is 13.9. The van der Waals surface area contributed by atoms with Crippen LogP contribution in [0.25, 0.3) is 11.1 Å². The lowest BCUT2D eigenvalue weighted by molar-refractivity contribution is -0.274. The summed E-state index contributed by atoms with van der Waals surface area (Å²) in [4.78, 5) is 16.7. The smallest absolute Gasteiger partial charge is 0.406 e. The number of benzene rings is 1. The average molecular weight is 557 g/mol. The molecule has 2 aromatic heterocycles. The summed E-state index contributed by atoms with van der Waals surface area (Å²) in [5.74, 6) is 5.52. The van der Waals surface area contributed by atoms with Crippen molar-refractivity contribution in [2.45, 2.75) is 32.0 Å². The molecule has 3 rings (SSSR count). The number of likely N-dealkylation sites (N-methyl/N-ethyl adjacent to an activating group) is 1. The lowest BCUT2D eigenvalue weighted by Crippen LogP contribution is -2.28. The van der Waals surface area contributed by atoms with Crippen LogP contribution < -0.4 is 26.9 Å². The third kappa shape index (κ3) is 9.91. The maximum absolute atomic E-state index is 12.5. The van der Waals surface area contributed by atoms with Gasteiger partial charge in [0.1, 0.15) is 5.75 Å². The molecule has 212 valence electrons. The van der Waals surface area contributed by atoms with Crippen molar-refractivity contribution in [2.24, 2.45) is 11.6 Å². The van der Waals surface area contributed by atoms with Crippen LogP contribution in [0.3, 0.4) is 0 Å². The van der Waals surface area contributed by atoms with Crippen LogP contribution in [0.4, 0.5) is 19.0 Å². The molecule has 0 aliphatic rings. The molecule has 2 heterocycles. The minimum absolute atomic E-state index is 0.0633. The lowest BCUT2D eigenvalue weighted by atomic mass is 10.1. The molecule has 6 N–H and O–H groups in total. The number of aromatic nitrogens is 3. The summed E-state index contributed by atoms with van der Waals surface area (Å²) in [6.07, 6.45) is 0.560. The maximum atomic E-state index is 12.5. The largest absolute Gasteiger partial charge is 0.573 e. The molecule has 0 fully saturated rings. The average Bonchev–Trinajstić information content (AvgIpc) is 2.90. The van der Waals surface area contributed by atoms with Crippen LogP contribution in [0.15, 0.2) is 78.9 Å². The van der Waals surface area contributed by atoms with Gasteiger partial charge < -0.3 is 26.1 Å². The molecular weight excluding hydrogens is 525 g/mol. The van der Waals surface area contributed by atoms with Crippen LogP contribution in [0.1, 0.15) is 24.2 Å². The fourth-order valence-electron chi connectivity index (χ4n) is 3.60. The number of nitrogens with zero attached hydrogens (tertiary/aromatic N) is 4. The fourth-order valence-corrected chi connectivity index (χ4v) is 3.60. The molecule has 1 amide bonds. The van der Waals surface area contributed by atoms with E-state index in [9.17, 15) is 18.0 Å². The van der Waals surface area contributed by atoms with Crippen molar-refractivity contribution in [1.29, 1.82) is 0 Å². The number of hydrogen-bond donors (Lipinski definition) is 4. The second-order valence-electron chi connectivity index (χ2n) is 8.75. The van der Waals surface area contributed by atoms with E-state index in [4.69, 9.17) is 11.6 Å². The number of aryl methyl sites for hydroxylation is 1. The number of carbonyl (C=O) groups is 1. The van der Waals surface area contributed by atoms with Gasteiger partial charge in [-0.3, -0.25) is 9.78 Å². The van der Waals surface area contributed by atoms with Crippen LogP contribution in [0.5, 0.6) is 5.75 Å². The number of hydrazine groups is 1. The first-order valence-corrected chi connectivity index (χ1v) is 12.3. The third-order valence-corrected chi connectivity index (χ3v) is 5.60. The number of nitrogens with two attached hydrogens (primary N) is 2. The van der Waals surface area contributed by atoms with E-state index in [1.165, 1.54) is 29.4 Å². The first-order chi connectivity index (χ1) is 19.0. The number of carbonyl (C=O) groups excluding carboxylic acids is 1. The maximum Gasteiger partial charge on any atom is 0.573 e. The highest BCUT2D eigenvalue weighted by Crippen LogP contribution is 2.28. The minimum Gasteiger partial charge on any atom is -0.406 e. The first kappa shape index (κ1) is 29.9. The van der Waals surface area contributed by atoms with E-state index in [2.05, 4.69) is 37.1 Å². The van der Waals surface area contributed by atoms with Crippen molar-refractivity contribution in [1.82, 2.24) is 25.5 Å². The van der Waals surface area contributed by atoms with E-state index < -0.39 is 6.36 Å². The molecule has 40 heavy (non-hydrogen) atoms. The highest BCUT2D eigenvalue weighted by Gasteiger charge is 2.31. The number of rotatable bonds is 13. The van der Waals surface area contributed by atoms with Crippen LogP contribution in [-0.2, 0) is 17.6 Å². The Morgan fingerprint density at radius 1 is 1.10 bits per heavy atom. The van der Waals surface area contributed by atoms with Gasteiger partial charge in [0, 0.05) is 26.0 Å². The highest BCUT2D eigenvalue weighted by molar-refractivity contribution is 5.91. The molecule has 0 saturated carbocycles. The number of amides is 1. The van der Waals surface area contributed by atoms with Crippen LogP contribution >= 0.6 is 0 Å². The zero-order valence-electron chi connectivity index (χ0n) is 21.9. The number of nitrogens with one attached hydrogen (secondary N) is 2. The molecule has 0 unspecified atom stereocenters. The molecule has 0 saturated heterocycles. The summed E-state index contributed by atoms with van der Waals surface area (Å²) in [7, 11) is 1.73. The Bertz CT molecular complexity index is 1330. The van der Waals surface area contributed by atoms with Gasteiger partial charge in [-0.2, -0.15) is 5.10 Å². The minimum atomic E-state index is -4.79. The second-order valence-corrected chi connectivity index (χ2v) is 8.75. The summed E-state index contributed by atoms with van der Waals surface area (Å²) in [6, 6.07) is 12.3. The predicted octanol–water partition coefficient (Wildman–Crippen LogP) is 3.65. The zero-order valence-corrected chi connectivity index (χ0v) is 21.9. The van der Waals surface area contributed by atoms with E-state index in [0.29, 0.717) is 47.0 Å². The summed E-state index contributed by atoms with van der Waals surface area (Å²) >= 11 is 0. The summed E-state index contributed by atoms with van der Waals surface area (Å²) in [5, 5.41) is 15.3. The molecule has 13 heteroatoms. The number of hydrogen-bond acceptors (Lipinski definition) is 9. The van der Waals surface area contributed by atoms with Gasteiger partial charge in [-0.15, -0.1) is 18.3 Å². The zero-order chi connectivity index (χ0) is 29.1. The fraction of sp³-hybridized carbons (Fsp3) is 0.259. The Labute approximate surface area is 229 Å². The Morgan fingerprint density at radius 2 is 1.88 bits per heavy atom. The van der Waals surface area contributed by atoms with Crippen molar-refractivity contribution in [3.8, 4) is 16.9 Å². The van der Waals surface area contributed by atoms with Crippen LogP contribution in [-0.4, -0.2) is 46.1 Å². The molecule has 0 radical (unpaired) electrons. The molecule has 0 atom stereocenters. The van der Waals surface area contributed by atoms with Gasteiger partial charge in [0.15, 0.2) is 5.82 Å². The van der Waals surface area contributed by atoms with E-state index in [1.807, 2.05) is 0 Å². The van der Waals surface area contributed by atoms with Gasteiger partial charge in [0.05, 0.1) is 29.2 Å². The van der Waals surface area contributed by atoms with Crippen molar-refractivity contribution >= 4 is 11.7 Å². The van der Waals surface area contributed by atoms with Crippen molar-refractivity contribution < 1.29 is 22.7 Å². The molecule has 10 nitrogen and oxygen atoms in total. The Hall–Kier alpha value is -4.65. The lowest BCUT2D eigenvalue weighted by Gasteiger charge is -2.15. The molecule has 0 spiro atoms. The van der Waals surface area contributed by atoms with Crippen molar-refractivity contribution in [2.75, 3.05) is 18.9 Å². The molecule has 3 aromatic rings. The number of halogens is 3. The molecular formula is C27H31F3N8O2. The topological polar surface area (TPSA) is 144 Å². The monoisotopic (exact) mass is 556 g/mol. The SMILES string of the molecule is C=C(NC)/C(N)=C/N(N)CCCCc1ccc(NC(=O)Cc2cc(-c3cccc(OC(F)(F)F)c3)ccn2)nn1. The Morgan fingerprint density at radius 3 is 2.58 bits per heavy atom. The summed E-state index contributed by atoms with van der Waals surface area (Å²) < 4.78 is 41.6. The van der Waals surface area contributed by atoms with Crippen molar-refractivity contribution in [3.05, 3.63) is 90.3 Å². The van der Waals surface area contributed by atoms with Gasteiger partial charge in [0.2, 0.25) is 5.91 Å². The van der Waals surface area contributed by atoms with E-state index in [-0.39, 0.29) is 18.1 Å². The number of anilines is 1. The number of ether oxygens (including phenoxy) is 1. The van der Waals surface area contributed by atoms with Gasteiger partial charge >= 0.3 is 6.36 Å². The van der Waals surface area contributed by atoms with Gasteiger partial charge in [-0.25, -0.2) is 5.84 Å². The summed E-state index contributed by atoms with van der Waals surface area (Å²) in [6.45, 7) is 4.37. The standard InChI is InChI=1S/C27H31F3N8O2/c1-18(33-2)24(31)17-38(32)13-4-3-7-21-9-10-25(37-36-21)35-26(39)16-22-14-20(11-12-34-22)19-6-5-8-23(15-19)40-27(28,29)30/h5-6,8-12,14-15,17,33H,1,3-4,7,13,16,31-32H2,2H3,(H,35,37,39)/b24-17-. The molecule has 0 aliphatic carbocycles. The van der Waals surface area contributed by atoms with Gasteiger partial charge in [0.25, 0.3) is 0 Å². The Kier molecular flexibility index (Phi) is 10.4. The van der Waals surface area contributed by atoms with Gasteiger partial charge in [-0.05, 0) is 66.8 Å². The third-order valence-electron chi connectivity index (χ3n) is 5.60. The molecule has 1 aromatic carbocycles. The molecule has 0 bridgehead atoms. The van der Waals surface area contributed by atoms with Crippen LogP contribution in [0, 0.1) is 0 Å². The van der Waals surface area contributed by atoms with E-state index in [1.54, 1.807) is 43.6 Å². The first-order valence-electron chi connectivity index (χ1n) is 12.3. The van der Waals surface area contributed by atoms with E-state index >= 15 is 0 Å². The quantitative estimate of drug-likeness (QED) is 0.107. The van der Waals surface area contributed by atoms with Crippen LogP contribution in [0.2, 0.25) is 0 Å². The highest BCUT2D eigenvalue weighted by atomic mass is 19.4. The predicted molar refractivity (Wildman–Crippen MR) is 145 cm³/mol.